The summed E-state index contributed by atoms with van der Waals surface area (Å²) < 4.78 is 24.0. The van der Waals surface area contributed by atoms with E-state index in [0.29, 0.717) is 30.4 Å². The van der Waals surface area contributed by atoms with Crippen molar-refractivity contribution in [3.8, 4) is 11.4 Å². The second-order valence-corrected chi connectivity index (χ2v) is 6.59. The Labute approximate surface area is 145 Å². The van der Waals surface area contributed by atoms with Gasteiger partial charge in [0.15, 0.2) is 0 Å². The summed E-state index contributed by atoms with van der Waals surface area (Å²) in [5.74, 6) is 0.769. The number of likely N-dealkylation sites (tertiary alicyclic amines) is 1. The summed E-state index contributed by atoms with van der Waals surface area (Å²) in [5.41, 5.74) is 0.708. The van der Waals surface area contributed by atoms with E-state index in [1.54, 1.807) is 12.1 Å². The zero-order chi connectivity index (χ0) is 17.2. The summed E-state index contributed by atoms with van der Waals surface area (Å²) in [6.07, 6.45) is 3.25. The third kappa shape index (κ3) is 3.42. The van der Waals surface area contributed by atoms with Gasteiger partial charge in [0, 0.05) is 25.3 Å². The molecule has 132 valence electrons. The minimum absolute atomic E-state index is 0.0285. The molecule has 0 unspecified atom stereocenters. The van der Waals surface area contributed by atoms with Gasteiger partial charge in [-0.15, -0.1) is 0 Å². The van der Waals surface area contributed by atoms with E-state index in [4.69, 9.17) is 9.26 Å². The van der Waals surface area contributed by atoms with Crippen LogP contribution in [0.2, 0.25) is 0 Å². The van der Waals surface area contributed by atoms with Crippen molar-refractivity contribution in [2.75, 3.05) is 19.7 Å². The Morgan fingerprint density at radius 1 is 1.20 bits per heavy atom. The molecule has 3 heterocycles. The summed E-state index contributed by atoms with van der Waals surface area (Å²) in [7, 11) is 0. The predicted molar refractivity (Wildman–Crippen MR) is 87.2 cm³/mol. The number of benzene rings is 1. The fourth-order valence-corrected chi connectivity index (χ4v) is 3.47. The molecule has 1 aromatic heterocycles. The molecule has 7 heteroatoms. The Morgan fingerprint density at radius 2 is 2.04 bits per heavy atom. The van der Waals surface area contributed by atoms with Crippen molar-refractivity contribution in [2.45, 2.75) is 37.7 Å². The van der Waals surface area contributed by atoms with Crippen molar-refractivity contribution in [3.05, 3.63) is 36.0 Å². The van der Waals surface area contributed by atoms with Crippen LogP contribution in [0.3, 0.4) is 0 Å². The molecule has 25 heavy (non-hydrogen) atoms. The number of hydrogen-bond donors (Lipinski definition) is 0. The molecule has 1 aromatic carbocycles. The van der Waals surface area contributed by atoms with Crippen molar-refractivity contribution in [3.63, 3.8) is 0 Å². The van der Waals surface area contributed by atoms with Crippen LogP contribution in [-0.2, 0) is 9.53 Å². The first kappa shape index (κ1) is 16.2. The van der Waals surface area contributed by atoms with Crippen LogP contribution in [0.4, 0.5) is 4.39 Å². The normalized spacial score (nSPS) is 23.8. The Balaban J connectivity index is 1.46. The molecule has 0 bridgehead atoms. The number of carbonyl (C=O) groups excluding carboxylic acids is 1. The van der Waals surface area contributed by atoms with E-state index in [0.717, 1.165) is 32.2 Å². The third-order valence-electron chi connectivity index (χ3n) is 4.83. The fourth-order valence-electron chi connectivity index (χ4n) is 3.47. The molecule has 6 nitrogen and oxygen atoms in total. The van der Waals surface area contributed by atoms with E-state index in [9.17, 15) is 9.18 Å². The number of piperidine rings is 1. The van der Waals surface area contributed by atoms with Crippen LogP contribution < -0.4 is 0 Å². The lowest BCUT2D eigenvalue weighted by molar-refractivity contribution is -0.142. The Bertz CT molecular complexity index is 740. The molecule has 0 aliphatic carbocycles. The molecule has 0 radical (unpaired) electrons. The number of aromatic nitrogens is 2. The Kier molecular flexibility index (Phi) is 4.48. The maximum Gasteiger partial charge on any atom is 0.251 e. The first-order valence-corrected chi connectivity index (χ1v) is 8.70. The van der Waals surface area contributed by atoms with Gasteiger partial charge >= 0.3 is 0 Å². The zero-order valence-electron chi connectivity index (χ0n) is 13.9. The van der Waals surface area contributed by atoms with Gasteiger partial charge in [-0.2, -0.15) is 4.98 Å². The van der Waals surface area contributed by atoms with E-state index in [2.05, 4.69) is 10.1 Å². The SMILES string of the molecule is O=C([C@H]1CCCO1)N1CCC[C@H](c2nc(-c3ccc(F)cc3)no2)C1. The van der Waals surface area contributed by atoms with E-state index < -0.39 is 0 Å². The van der Waals surface area contributed by atoms with Crippen LogP contribution in [0.1, 0.15) is 37.5 Å². The molecule has 0 saturated carbocycles. The highest BCUT2D eigenvalue weighted by Gasteiger charge is 2.33. The van der Waals surface area contributed by atoms with Gasteiger partial charge in [-0.1, -0.05) is 5.16 Å². The number of halogens is 1. The van der Waals surface area contributed by atoms with Crippen molar-refractivity contribution in [1.82, 2.24) is 15.0 Å². The highest BCUT2D eigenvalue weighted by Crippen LogP contribution is 2.29. The molecule has 4 rings (SSSR count). The first-order chi connectivity index (χ1) is 12.2. The van der Waals surface area contributed by atoms with Crippen molar-refractivity contribution >= 4 is 5.91 Å². The monoisotopic (exact) mass is 345 g/mol. The molecule has 1 amide bonds. The summed E-state index contributed by atoms with van der Waals surface area (Å²) in [4.78, 5) is 18.8. The quantitative estimate of drug-likeness (QED) is 0.856. The number of amides is 1. The van der Waals surface area contributed by atoms with Gasteiger partial charge in [0.2, 0.25) is 11.7 Å². The fraction of sp³-hybridized carbons (Fsp3) is 0.500. The number of carbonyl (C=O) groups is 1. The van der Waals surface area contributed by atoms with E-state index >= 15 is 0 Å². The number of hydrogen-bond acceptors (Lipinski definition) is 5. The Hall–Kier alpha value is -2.28. The maximum atomic E-state index is 13.0. The van der Waals surface area contributed by atoms with Crippen LogP contribution in [0.15, 0.2) is 28.8 Å². The molecule has 0 N–H and O–H groups in total. The van der Waals surface area contributed by atoms with Gasteiger partial charge in [-0.3, -0.25) is 4.79 Å². The standard InChI is InChI=1S/C18H20FN3O3/c19-14-7-5-12(6-8-14)16-20-17(25-21-16)13-3-1-9-22(11-13)18(23)15-4-2-10-24-15/h5-8,13,15H,1-4,9-11H2/t13-,15+/m0/s1. The van der Waals surface area contributed by atoms with Crippen molar-refractivity contribution in [2.24, 2.45) is 0 Å². The highest BCUT2D eigenvalue weighted by atomic mass is 19.1. The summed E-state index contributed by atoms with van der Waals surface area (Å²) in [5, 5.41) is 4.00. The second kappa shape index (κ2) is 6.92. The van der Waals surface area contributed by atoms with Gasteiger partial charge in [0.1, 0.15) is 11.9 Å². The molecule has 0 spiro atoms. The molecule has 2 aromatic rings. The van der Waals surface area contributed by atoms with Crippen LogP contribution in [0.5, 0.6) is 0 Å². The van der Waals surface area contributed by atoms with Crippen LogP contribution in [-0.4, -0.2) is 46.7 Å². The largest absolute Gasteiger partial charge is 0.368 e. The molecular weight excluding hydrogens is 325 g/mol. The molecule has 2 saturated heterocycles. The minimum Gasteiger partial charge on any atom is -0.368 e. The lowest BCUT2D eigenvalue weighted by atomic mass is 9.97. The lowest BCUT2D eigenvalue weighted by Crippen LogP contribution is -2.44. The molecule has 2 atom stereocenters. The van der Waals surface area contributed by atoms with Crippen LogP contribution in [0.25, 0.3) is 11.4 Å². The van der Waals surface area contributed by atoms with Crippen LogP contribution in [0, 0.1) is 5.82 Å². The average Bonchev–Trinajstić information content (AvgIpc) is 3.34. The molecule has 2 aliphatic heterocycles. The average molecular weight is 345 g/mol. The number of rotatable bonds is 3. The van der Waals surface area contributed by atoms with Crippen LogP contribution >= 0.6 is 0 Å². The summed E-state index contributed by atoms with van der Waals surface area (Å²) >= 11 is 0. The number of nitrogens with zero attached hydrogens (tertiary/aromatic N) is 3. The van der Waals surface area contributed by atoms with Gasteiger partial charge in [-0.05, 0) is 49.9 Å². The summed E-state index contributed by atoms with van der Waals surface area (Å²) in [6.45, 7) is 1.98. The van der Waals surface area contributed by atoms with Gasteiger partial charge in [-0.25, -0.2) is 4.39 Å². The molecular formula is C18H20FN3O3. The topological polar surface area (TPSA) is 68.5 Å². The van der Waals surface area contributed by atoms with Gasteiger partial charge in [0.25, 0.3) is 5.91 Å². The summed E-state index contributed by atoms with van der Waals surface area (Å²) in [6, 6.07) is 5.98. The highest BCUT2D eigenvalue weighted by molar-refractivity contribution is 5.81. The maximum absolute atomic E-state index is 13.0. The van der Waals surface area contributed by atoms with Crippen molar-refractivity contribution in [1.29, 1.82) is 0 Å². The Morgan fingerprint density at radius 3 is 2.80 bits per heavy atom. The van der Waals surface area contributed by atoms with Crippen molar-refractivity contribution < 1.29 is 18.4 Å². The molecule has 2 fully saturated rings. The zero-order valence-corrected chi connectivity index (χ0v) is 13.9. The molecule has 2 aliphatic rings. The minimum atomic E-state index is -0.303. The van der Waals surface area contributed by atoms with Gasteiger partial charge < -0.3 is 14.2 Å². The van der Waals surface area contributed by atoms with Gasteiger partial charge in [0.05, 0.1) is 5.92 Å². The lowest BCUT2D eigenvalue weighted by Gasteiger charge is -2.32. The third-order valence-corrected chi connectivity index (χ3v) is 4.83. The van der Waals surface area contributed by atoms with E-state index in [1.165, 1.54) is 12.1 Å². The predicted octanol–water partition coefficient (Wildman–Crippen LogP) is 2.76. The van der Waals surface area contributed by atoms with E-state index in [-0.39, 0.29) is 23.7 Å². The van der Waals surface area contributed by atoms with E-state index in [1.807, 2.05) is 4.90 Å². The number of ether oxygens (including phenoxy) is 1. The smallest absolute Gasteiger partial charge is 0.251 e. The first-order valence-electron chi connectivity index (χ1n) is 8.70. The second-order valence-electron chi connectivity index (χ2n) is 6.59.